The zero-order valence-corrected chi connectivity index (χ0v) is 26.8. The zero-order valence-electron chi connectivity index (χ0n) is 24.3. The Balaban J connectivity index is 1.19. The van der Waals surface area contributed by atoms with Gasteiger partial charge in [0.05, 0.1) is 17.3 Å². The number of benzene rings is 5. The van der Waals surface area contributed by atoms with Gasteiger partial charge in [-0.25, -0.2) is 4.39 Å². The minimum absolute atomic E-state index is 0.313. The van der Waals surface area contributed by atoms with Crippen LogP contribution in [-0.2, 0) is 0 Å². The average Bonchev–Trinajstić information content (AvgIpc) is 3.89. The van der Waals surface area contributed by atoms with Gasteiger partial charge in [-0.1, -0.05) is 72.8 Å². The molecule has 0 aliphatic heterocycles. The number of para-hydroxylation sites is 4. The third-order valence-electron chi connectivity index (χ3n) is 7.68. The molecule has 222 valence electrons. The van der Waals surface area contributed by atoms with Crippen molar-refractivity contribution in [2.75, 3.05) is 9.80 Å². The molecule has 0 fully saturated rings. The molecule has 0 aliphatic carbocycles. The number of nitrogens with zero attached hydrogens (tertiary/aromatic N) is 4. The first-order chi connectivity index (χ1) is 22.7. The lowest BCUT2D eigenvalue weighted by atomic mass is 10.1. The Labute approximate surface area is 278 Å². The Morgan fingerprint density at radius 1 is 0.457 bits per heavy atom. The molecule has 0 amide bonds. The second-order valence-corrected chi connectivity index (χ2v) is 13.2. The molecule has 8 heteroatoms. The molecule has 8 aromatic rings. The number of fused-ring (bicyclic) bond motifs is 1. The zero-order chi connectivity index (χ0) is 30.9. The summed E-state index contributed by atoms with van der Waals surface area (Å²) in [5.74, 6) is -0.313. The van der Waals surface area contributed by atoms with E-state index in [4.69, 9.17) is 0 Å². The summed E-state index contributed by atoms with van der Waals surface area (Å²) in [6.07, 6.45) is 0. The first kappa shape index (κ1) is 28.3. The molecule has 4 nitrogen and oxygen atoms in total. The van der Waals surface area contributed by atoms with Crippen molar-refractivity contribution in [3.63, 3.8) is 0 Å². The number of aromatic nitrogens is 2. The van der Waals surface area contributed by atoms with Gasteiger partial charge in [0.2, 0.25) is 0 Å². The Hall–Kier alpha value is -5.15. The van der Waals surface area contributed by atoms with Gasteiger partial charge in [0, 0.05) is 38.1 Å². The fourth-order valence-corrected chi connectivity index (χ4v) is 8.35. The summed E-state index contributed by atoms with van der Waals surface area (Å²) in [7, 11) is 0. The van der Waals surface area contributed by atoms with Crippen molar-refractivity contribution in [1.82, 2.24) is 8.75 Å². The van der Waals surface area contributed by atoms with E-state index in [0.717, 1.165) is 59.8 Å². The number of rotatable bonds is 8. The minimum Gasteiger partial charge on any atom is -0.302 e. The van der Waals surface area contributed by atoms with Crippen LogP contribution in [0.5, 0.6) is 0 Å². The fourth-order valence-electron chi connectivity index (χ4n) is 5.62. The van der Waals surface area contributed by atoms with Crippen molar-refractivity contribution in [3.05, 3.63) is 157 Å². The second kappa shape index (κ2) is 12.3. The number of hydrogen-bond acceptors (Lipinski definition) is 7. The maximum Gasteiger partial charge on any atom is 0.134 e. The lowest BCUT2D eigenvalue weighted by Crippen LogP contribution is -2.07. The normalized spacial score (nSPS) is 11.2. The molecule has 8 rings (SSSR count). The summed E-state index contributed by atoms with van der Waals surface area (Å²) < 4.78 is 25.6. The van der Waals surface area contributed by atoms with Crippen LogP contribution in [0.4, 0.5) is 37.1 Å². The number of anilines is 6. The summed E-state index contributed by atoms with van der Waals surface area (Å²) >= 11 is 4.26. The van der Waals surface area contributed by atoms with Crippen LogP contribution in [-0.4, -0.2) is 8.75 Å². The van der Waals surface area contributed by atoms with Crippen LogP contribution >= 0.6 is 34.4 Å². The van der Waals surface area contributed by atoms with Crippen molar-refractivity contribution in [2.24, 2.45) is 0 Å². The van der Waals surface area contributed by atoms with E-state index in [1.807, 2.05) is 91.0 Å². The van der Waals surface area contributed by atoms with Crippen molar-refractivity contribution in [2.45, 2.75) is 0 Å². The van der Waals surface area contributed by atoms with E-state index in [2.05, 4.69) is 73.1 Å². The lowest BCUT2D eigenvalue weighted by Gasteiger charge is -2.23. The molecule has 0 saturated carbocycles. The Bertz CT molecular complexity index is 2150. The third kappa shape index (κ3) is 5.26. The summed E-state index contributed by atoms with van der Waals surface area (Å²) in [5.41, 5.74) is 6.69. The third-order valence-corrected chi connectivity index (χ3v) is 10.4. The van der Waals surface area contributed by atoms with Crippen LogP contribution < -0.4 is 9.80 Å². The molecular weight excluding hydrogens is 628 g/mol. The summed E-state index contributed by atoms with van der Waals surface area (Å²) in [5, 5.41) is 2.01. The van der Waals surface area contributed by atoms with Crippen LogP contribution in [0, 0.1) is 5.82 Å². The maximum atomic E-state index is 16.3. The Morgan fingerprint density at radius 2 is 0.870 bits per heavy atom. The molecule has 3 heterocycles. The van der Waals surface area contributed by atoms with E-state index in [9.17, 15) is 0 Å². The van der Waals surface area contributed by atoms with Gasteiger partial charge in [0.1, 0.15) is 26.9 Å². The van der Waals surface area contributed by atoms with Gasteiger partial charge in [0.25, 0.3) is 0 Å². The van der Waals surface area contributed by atoms with Gasteiger partial charge in [-0.3, -0.25) is 0 Å². The fraction of sp³-hybridized carbons (Fsp3) is 0. The molecule has 46 heavy (non-hydrogen) atoms. The van der Waals surface area contributed by atoms with Gasteiger partial charge in [-0.2, -0.15) is 8.75 Å². The van der Waals surface area contributed by atoms with Crippen LogP contribution in [0.3, 0.4) is 0 Å². The molecule has 5 aromatic carbocycles. The average molecular weight is 653 g/mol. The molecule has 0 atom stereocenters. The van der Waals surface area contributed by atoms with Gasteiger partial charge in [-0.05, 0) is 78.9 Å². The van der Waals surface area contributed by atoms with Gasteiger partial charge in [0.15, 0.2) is 0 Å². The predicted octanol–water partition coefficient (Wildman–Crippen LogP) is 12.2. The topological polar surface area (TPSA) is 32.3 Å². The maximum absolute atomic E-state index is 16.3. The van der Waals surface area contributed by atoms with Crippen LogP contribution in [0.15, 0.2) is 152 Å². The molecule has 0 bridgehead atoms. The van der Waals surface area contributed by atoms with Crippen molar-refractivity contribution >= 4 is 78.2 Å². The molecule has 3 aromatic heterocycles. The van der Waals surface area contributed by atoms with E-state index in [1.54, 1.807) is 17.4 Å². The number of thiophene rings is 2. The summed E-state index contributed by atoms with van der Waals surface area (Å²) in [6, 6.07) is 50.8. The number of hydrogen-bond donors (Lipinski definition) is 0. The molecular formula is C38H25FN4S3. The predicted molar refractivity (Wildman–Crippen MR) is 193 cm³/mol. The SMILES string of the molecule is Fc1cc(-c2ccc(N(c3ccccc3)c3ccccc3)s2)c2nsnc2c1-c1ccc(N(c2ccccc2)c2ccccc2)s1. The van der Waals surface area contributed by atoms with Crippen LogP contribution in [0.2, 0.25) is 0 Å². The largest absolute Gasteiger partial charge is 0.302 e. The second-order valence-electron chi connectivity index (χ2n) is 10.5. The smallest absolute Gasteiger partial charge is 0.134 e. The summed E-state index contributed by atoms with van der Waals surface area (Å²) in [4.78, 5) is 6.14. The standard InChI is InChI=1S/C38H25FN4S3/c39-31-25-30(32-21-23-34(44-32)42(26-13-5-1-6-14-26)27-15-7-2-8-16-27)37-38(41-46-40-37)36(31)33-22-24-35(45-33)43(28-17-9-3-10-18-28)29-19-11-4-12-20-29/h1-25H. The molecule has 0 radical (unpaired) electrons. The van der Waals surface area contributed by atoms with Gasteiger partial charge < -0.3 is 9.80 Å². The Kier molecular flexibility index (Phi) is 7.59. The lowest BCUT2D eigenvalue weighted by molar-refractivity contribution is 0.633. The first-order valence-electron chi connectivity index (χ1n) is 14.7. The monoisotopic (exact) mass is 652 g/mol. The highest BCUT2D eigenvalue weighted by molar-refractivity contribution is 7.20. The minimum atomic E-state index is -0.313. The van der Waals surface area contributed by atoms with E-state index in [1.165, 1.54) is 11.3 Å². The highest BCUT2D eigenvalue weighted by Gasteiger charge is 2.23. The van der Waals surface area contributed by atoms with Gasteiger partial charge in [-0.15, -0.1) is 22.7 Å². The van der Waals surface area contributed by atoms with Crippen LogP contribution in [0.25, 0.3) is 31.9 Å². The molecule has 0 N–H and O–H groups in total. The van der Waals surface area contributed by atoms with E-state index < -0.39 is 0 Å². The van der Waals surface area contributed by atoms with E-state index >= 15 is 4.39 Å². The summed E-state index contributed by atoms with van der Waals surface area (Å²) in [6.45, 7) is 0. The highest BCUT2D eigenvalue weighted by Crippen LogP contribution is 2.47. The Morgan fingerprint density at radius 3 is 1.35 bits per heavy atom. The molecule has 0 saturated heterocycles. The van der Waals surface area contributed by atoms with E-state index in [0.29, 0.717) is 16.6 Å². The highest BCUT2D eigenvalue weighted by atomic mass is 32.1. The number of halogens is 1. The van der Waals surface area contributed by atoms with Crippen molar-refractivity contribution in [1.29, 1.82) is 0 Å². The van der Waals surface area contributed by atoms with Gasteiger partial charge >= 0.3 is 0 Å². The first-order valence-corrected chi connectivity index (χ1v) is 17.1. The quantitative estimate of drug-likeness (QED) is 0.163. The molecule has 0 unspecified atom stereocenters. The van der Waals surface area contributed by atoms with Crippen LogP contribution in [0.1, 0.15) is 0 Å². The van der Waals surface area contributed by atoms with E-state index in [-0.39, 0.29) is 5.82 Å². The molecule has 0 aliphatic rings. The van der Waals surface area contributed by atoms with Crippen molar-refractivity contribution in [3.8, 4) is 20.9 Å². The van der Waals surface area contributed by atoms with Crippen molar-refractivity contribution < 1.29 is 4.39 Å². The molecule has 0 spiro atoms.